The van der Waals surface area contributed by atoms with E-state index >= 15 is 0 Å². The van der Waals surface area contributed by atoms with Gasteiger partial charge in [0, 0.05) is 48.0 Å². The molecule has 3 aliphatic rings. The minimum atomic E-state index is -0.664. The first-order chi connectivity index (χ1) is 31.2. The van der Waals surface area contributed by atoms with Crippen molar-refractivity contribution < 1.29 is 33.3 Å². The van der Waals surface area contributed by atoms with Gasteiger partial charge in [0.25, 0.3) is 0 Å². The summed E-state index contributed by atoms with van der Waals surface area (Å²) in [6.07, 6.45) is 3.29. The van der Waals surface area contributed by atoms with Crippen LogP contribution in [0.1, 0.15) is 67.3 Å². The number of hydrogen-bond acceptors (Lipinski definition) is 18. The molecule has 3 aromatic heterocycles. The van der Waals surface area contributed by atoms with E-state index in [2.05, 4.69) is 51.6 Å². The minimum Gasteiger partial charge on any atom is -0.497 e. The highest BCUT2D eigenvalue weighted by Gasteiger charge is 2.39. The molecule has 0 amide bonds. The molecule has 2 N–H and O–H groups in total. The summed E-state index contributed by atoms with van der Waals surface area (Å²) < 4.78 is 25.3. The first-order valence-electron chi connectivity index (χ1n) is 20.6. The fraction of sp³-hybridized carbons (Fsp3) is 0.318. The summed E-state index contributed by atoms with van der Waals surface area (Å²) in [5.74, 6) is 0.233. The molecular weight excluding hydrogens is 841 g/mol. The van der Waals surface area contributed by atoms with Gasteiger partial charge < -0.3 is 34.5 Å². The van der Waals surface area contributed by atoms with E-state index in [0.717, 1.165) is 46.6 Å². The van der Waals surface area contributed by atoms with Crippen LogP contribution in [0.4, 0.5) is 17.6 Å². The highest BCUT2D eigenvalue weighted by Crippen LogP contribution is 2.42. The molecule has 0 bridgehead atoms. The largest absolute Gasteiger partial charge is 0.497 e. The highest BCUT2D eigenvalue weighted by atomic mass is 32.1. The van der Waals surface area contributed by atoms with Crippen LogP contribution in [0.3, 0.4) is 0 Å². The zero-order valence-electron chi connectivity index (χ0n) is 35.6. The number of fused-ring (bicyclic) bond motifs is 2. The molecule has 0 spiro atoms. The molecule has 1 saturated heterocycles. The molecule has 330 valence electrons. The van der Waals surface area contributed by atoms with Gasteiger partial charge >= 0.3 is 17.9 Å². The Morgan fingerprint density at radius 1 is 0.781 bits per heavy atom. The number of thiazole rings is 1. The zero-order chi connectivity index (χ0) is 44.6. The third-order valence-electron chi connectivity index (χ3n) is 10.9. The van der Waals surface area contributed by atoms with Crippen molar-refractivity contribution >= 4 is 46.8 Å². The molecule has 6 heterocycles. The zero-order valence-corrected chi connectivity index (χ0v) is 36.4. The predicted octanol–water partition coefficient (Wildman–Crippen LogP) is 5.66. The second kappa shape index (κ2) is 19.7. The molecule has 0 aliphatic carbocycles. The fourth-order valence-corrected chi connectivity index (χ4v) is 8.58. The van der Waals surface area contributed by atoms with Crippen molar-refractivity contribution in [3.8, 4) is 5.75 Å². The van der Waals surface area contributed by atoms with Crippen LogP contribution in [0.15, 0.2) is 113 Å². The minimum absolute atomic E-state index is 0.133. The van der Waals surface area contributed by atoms with Gasteiger partial charge in [-0.05, 0) is 71.7 Å². The van der Waals surface area contributed by atoms with Gasteiger partial charge in [-0.3, -0.25) is 9.78 Å². The average molecular weight is 887 g/mol. The number of piperidine rings is 1. The monoisotopic (exact) mass is 886 g/mol. The van der Waals surface area contributed by atoms with Gasteiger partial charge in [0.15, 0.2) is 0 Å². The summed E-state index contributed by atoms with van der Waals surface area (Å²) in [6, 6.07) is 23.6. The summed E-state index contributed by atoms with van der Waals surface area (Å²) in [4.78, 5) is 46.1. The smallest absolute Gasteiger partial charge is 0.338 e. The van der Waals surface area contributed by atoms with Crippen molar-refractivity contribution in [1.82, 2.24) is 45.4 Å². The first-order valence-corrected chi connectivity index (χ1v) is 21.5. The Kier molecular flexibility index (Phi) is 13.3. The molecule has 0 saturated carbocycles. The molecule has 64 heavy (non-hydrogen) atoms. The summed E-state index contributed by atoms with van der Waals surface area (Å²) >= 11 is 1.44. The van der Waals surface area contributed by atoms with Crippen LogP contribution in [0.2, 0.25) is 0 Å². The van der Waals surface area contributed by atoms with Crippen molar-refractivity contribution in [1.29, 1.82) is 0 Å². The summed E-state index contributed by atoms with van der Waals surface area (Å²) in [5.41, 5.74) is 7.29. The number of methoxy groups -OCH3 is 1. The van der Waals surface area contributed by atoms with Gasteiger partial charge in [0.05, 0.1) is 41.2 Å². The van der Waals surface area contributed by atoms with Crippen LogP contribution in [0, 0.1) is 5.92 Å². The lowest BCUT2D eigenvalue weighted by molar-refractivity contribution is -0.148. The third kappa shape index (κ3) is 9.31. The van der Waals surface area contributed by atoms with E-state index in [-0.39, 0.29) is 25.1 Å². The molecule has 19 nitrogen and oxygen atoms in total. The van der Waals surface area contributed by atoms with E-state index in [4.69, 9.17) is 18.9 Å². The number of nitrogens with one attached hydrogen (secondary N) is 2. The number of allylic oxidation sites excluding steroid dienone is 2. The molecule has 3 aliphatic heterocycles. The SMILES string of the molecule is CC1=C(C(=O)OCc2ccccc2)C(c2cncs2)n2nnnc2N1.CCOC(=O)C1CCCN(c2cc(OC)ccc2C2C(C(=O)OCc3ccccc3)=C(C)Nc3nnnn32)C1. The van der Waals surface area contributed by atoms with E-state index in [1.54, 1.807) is 28.2 Å². The molecule has 1 fully saturated rings. The second-order valence-electron chi connectivity index (χ2n) is 15.0. The predicted molar refractivity (Wildman–Crippen MR) is 234 cm³/mol. The maximum Gasteiger partial charge on any atom is 0.338 e. The number of carbonyl (C=O) groups is 3. The molecule has 9 rings (SSSR count). The van der Waals surface area contributed by atoms with E-state index in [1.807, 2.05) is 99.6 Å². The van der Waals surface area contributed by atoms with Crippen LogP contribution in [-0.2, 0) is 41.8 Å². The molecule has 0 radical (unpaired) electrons. The van der Waals surface area contributed by atoms with Crippen LogP contribution in [0.25, 0.3) is 0 Å². The van der Waals surface area contributed by atoms with Gasteiger partial charge in [-0.25, -0.2) is 9.59 Å². The number of aromatic nitrogens is 9. The number of hydrogen-bond donors (Lipinski definition) is 2. The number of anilines is 3. The Hall–Kier alpha value is -7.48. The van der Waals surface area contributed by atoms with Crippen LogP contribution < -0.4 is 20.3 Å². The van der Waals surface area contributed by atoms with Gasteiger partial charge in [-0.2, -0.15) is 9.36 Å². The number of benzene rings is 3. The van der Waals surface area contributed by atoms with Gasteiger partial charge in [0.1, 0.15) is 31.0 Å². The van der Waals surface area contributed by atoms with Gasteiger partial charge in [-0.15, -0.1) is 11.3 Å². The summed E-state index contributed by atoms with van der Waals surface area (Å²) in [6.45, 7) is 7.34. The Labute approximate surface area is 372 Å². The van der Waals surface area contributed by atoms with Crippen LogP contribution in [-0.4, -0.2) is 90.1 Å². The van der Waals surface area contributed by atoms with Crippen molar-refractivity contribution in [3.05, 3.63) is 135 Å². The van der Waals surface area contributed by atoms with Gasteiger partial charge in [0.2, 0.25) is 11.9 Å². The van der Waals surface area contributed by atoms with E-state index in [1.165, 1.54) is 11.3 Å². The maximum atomic E-state index is 13.6. The topological polar surface area (TPSA) is 216 Å². The molecule has 20 heteroatoms. The Morgan fingerprint density at radius 3 is 1.94 bits per heavy atom. The van der Waals surface area contributed by atoms with E-state index in [0.29, 0.717) is 53.3 Å². The van der Waals surface area contributed by atoms with Crippen LogP contribution >= 0.6 is 11.3 Å². The standard InChI is InChI=1S/C28H32N6O5.C16H14N6O2S/c1-4-38-26(35)20-11-8-14-33(16-20)23-15-21(37-3)12-13-22(23)25-24(18(2)29-28-30-31-32-34(25)28)27(36)39-17-19-9-6-5-7-10-19;1-10-13(15(23)24-8-11-5-3-2-4-6-11)14(12-7-17-9-25-12)22-16(18-10)19-20-21-22/h5-7,9-10,12-13,15,20,25H,4,8,11,14,16-17H2,1-3H3,(H,29,30,32);2-7,9,14H,8H2,1H3,(H,18,19,21). The van der Waals surface area contributed by atoms with Crippen molar-refractivity contribution in [2.24, 2.45) is 5.92 Å². The van der Waals surface area contributed by atoms with E-state index < -0.39 is 24.0 Å². The number of tetrazole rings is 2. The van der Waals surface area contributed by atoms with E-state index in [9.17, 15) is 14.4 Å². The number of ether oxygens (including phenoxy) is 4. The molecule has 6 aromatic rings. The number of rotatable bonds is 12. The third-order valence-corrected chi connectivity index (χ3v) is 11.8. The van der Waals surface area contributed by atoms with Crippen LogP contribution in [0.5, 0.6) is 5.75 Å². The lowest BCUT2D eigenvalue weighted by Crippen LogP contribution is -2.40. The Morgan fingerprint density at radius 2 is 1.38 bits per heavy atom. The average Bonchev–Trinajstić information content (AvgIpc) is 4.14. The number of esters is 3. The maximum absolute atomic E-state index is 13.6. The van der Waals surface area contributed by atoms with Crippen molar-refractivity contribution in [3.63, 3.8) is 0 Å². The molecular formula is C44H46N12O7S. The number of carbonyl (C=O) groups excluding carboxylic acids is 3. The lowest BCUT2D eigenvalue weighted by Gasteiger charge is -2.37. The quantitative estimate of drug-likeness (QED) is 0.112. The first kappa shape index (κ1) is 43.2. The summed E-state index contributed by atoms with van der Waals surface area (Å²) in [5, 5.41) is 30.0. The Bertz CT molecular complexity index is 2650. The fourth-order valence-electron chi connectivity index (χ4n) is 7.87. The number of nitrogens with zero attached hydrogens (tertiary/aromatic N) is 10. The van der Waals surface area contributed by atoms with Crippen molar-refractivity contribution in [2.75, 3.05) is 42.3 Å². The Balaban J connectivity index is 0.000000192. The molecule has 3 unspecified atom stereocenters. The highest BCUT2D eigenvalue weighted by molar-refractivity contribution is 7.09. The normalized spacial score (nSPS) is 17.8. The van der Waals surface area contributed by atoms with Gasteiger partial charge in [-0.1, -0.05) is 76.9 Å². The lowest BCUT2D eigenvalue weighted by atomic mass is 9.91. The summed E-state index contributed by atoms with van der Waals surface area (Å²) in [7, 11) is 1.61. The molecule has 3 atom stereocenters. The van der Waals surface area contributed by atoms with Crippen molar-refractivity contribution in [2.45, 2.75) is 58.9 Å². The molecule has 3 aromatic carbocycles. The second-order valence-corrected chi connectivity index (χ2v) is 15.9.